The Bertz CT molecular complexity index is 1350. The summed E-state index contributed by atoms with van der Waals surface area (Å²) in [6.45, 7) is 8.32. The van der Waals surface area contributed by atoms with E-state index in [9.17, 15) is 13.2 Å². The summed E-state index contributed by atoms with van der Waals surface area (Å²) in [6.07, 6.45) is 15.2. The lowest BCUT2D eigenvalue weighted by Gasteiger charge is -2.41. The van der Waals surface area contributed by atoms with Gasteiger partial charge in [0.1, 0.15) is 5.88 Å². The molecule has 0 saturated heterocycles. The number of benzene rings is 1. The van der Waals surface area contributed by atoms with E-state index in [4.69, 9.17) is 11.6 Å². The summed E-state index contributed by atoms with van der Waals surface area (Å²) < 4.78 is 29.2. The molecule has 216 valence electrons. The number of hydrogen-bond acceptors (Lipinski definition) is 3. The Morgan fingerprint density at radius 1 is 1.18 bits per heavy atom. The third-order valence-corrected chi connectivity index (χ3v) is 11.0. The zero-order valence-electron chi connectivity index (χ0n) is 23.7. The molecule has 8 heteroatoms. The van der Waals surface area contributed by atoms with Gasteiger partial charge in [0.25, 0.3) is 0 Å². The number of aromatic nitrogens is 1. The Morgan fingerprint density at radius 2 is 1.88 bits per heavy atom. The summed E-state index contributed by atoms with van der Waals surface area (Å²) in [5, 5.41) is 0. The number of sulfonamides is 1. The molecule has 0 spiro atoms. The molecule has 1 aromatic heterocycles. The number of amides is 1. The Kier molecular flexibility index (Phi) is 8.93. The number of carbonyl (C=O) groups is 1. The van der Waals surface area contributed by atoms with Gasteiger partial charge in [-0.25, -0.2) is 13.1 Å². The van der Waals surface area contributed by atoms with Gasteiger partial charge in [-0.1, -0.05) is 56.2 Å². The maximum Gasteiger partial charge on any atom is 0.240 e. The van der Waals surface area contributed by atoms with Crippen molar-refractivity contribution in [3.63, 3.8) is 0 Å². The van der Waals surface area contributed by atoms with Crippen LogP contribution in [0.3, 0.4) is 0 Å². The minimum Gasteiger partial charge on any atom is -0.360 e. The molecule has 40 heavy (non-hydrogen) atoms. The minimum absolute atomic E-state index is 0.0702. The first-order valence-electron chi connectivity index (χ1n) is 14.7. The van der Waals surface area contributed by atoms with Gasteiger partial charge in [0.15, 0.2) is 0 Å². The highest BCUT2D eigenvalue weighted by molar-refractivity contribution is 7.89. The molecule has 5 rings (SSSR count). The number of carbonyl (C=O) groups excluding carboxylic acids is 1. The normalized spacial score (nSPS) is 26.6. The quantitative estimate of drug-likeness (QED) is 0.261. The SMILES string of the molecule is C=C/C=C\c1c(C)[nH]c2c1C[C@H](C)N(C(=O)CCl)[C@H]2c1ccc(S(=O)(=O)NCCC2C[C@H]3CCC[C@@H](C2)C3)cc1. The summed E-state index contributed by atoms with van der Waals surface area (Å²) in [7, 11) is -3.62. The predicted molar refractivity (Wildman–Crippen MR) is 162 cm³/mol. The highest BCUT2D eigenvalue weighted by atomic mass is 35.5. The van der Waals surface area contributed by atoms with Gasteiger partial charge in [0.2, 0.25) is 15.9 Å². The Morgan fingerprint density at radius 3 is 2.52 bits per heavy atom. The number of aromatic amines is 1. The molecular weight excluding hydrogens is 542 g/mol. The number of fused-ring (bicyclic) bond motifs is 3. The fourth-order valence-corrected chi connectivity index (χ4v) is 8.73. The van der Waals surface area contributed by atoms with Gasteiger partial charge in [-0.15, -0.1) is 11.6 Å². The minimum atomic E-state index is -3.62. The van der Waals surface area contributed by atoms with E-state index in [-0.39, 0.29) is 28.8 Å². The third kappa shape index (κ3) is 5.97. The van der Waals surface area contributed by atoms with Gasteiger partial charge in [0, 0.05) is 24.0 Å². The summed E-state index contributed by atoms with van der Waals surface area (Å²) in [5.41, 5.74) is 5.08. The molecule has 0 radical (unpaired) electrons. The lowest BCUT2D eigenvalue weighted by Crippen LogP contribution is -2.47. The van der Waals surface area contributed by atoms with Crippen molar-refractivity contribution in [1.29, 1.82) is 0 Å². The van der Waals surface area contributed by atoms with Crippen molar-refractivity contribution in [2.24, 2.45) is 17.8 Å². The first-order valence-corrected chi connectivity index (χ1v) is 16.7. The number of aryl methyl sites for hydroxylation is 1. The number of H-pyrrole nitrogens is 1. The summed E-state index contributed by atoms with van der Waals surface area (Å²) >= 11 is 6.04. The van der Waals surface area contributed by atoms with Crippen molar-refractivity contribution in [2.45, 2.75) is 82.2 Å². The average Bonchev–Trinajstić information content (AvgIpc) is 3.24. The Labute approximate surface area is 244 Å². The van der Waals surface area contributed by atoms with Crippen LogP contribution in [0, 0.1) is 24.7 Å². The molecule has 1 unspecified atom stereocenters. The Balaban J connectivity index is 1.35. The largest absolute Gasteiger partial charge is 0.360 e. The maximum atomic E-state index is 13.2. The zero-order chi connectivity index (χ0) is 28.4. The summed E-state index contributed by atoms with van der Waals surface area (Å²) in [6, 6.07) is 6.50. The molecule has 6 nitrogen and oxygen atoms in total. The molecule has 2 aliphatic carbocycles. The second-order valence-corrected chi connectivity index (χ2v) is 14.1. The molecule has 2 bridgehead atoms. The van der Waals surface area contributed by atoms with Crippen LogP contribution in [0.15, 0.2) is 47.9 Å². The number of rotatable bonds is 9. The lowest BCUT2D eigenvalue weighted by atomic mass is 9.67. The highest BCUT2D eigenvalue weighted by Gasteiger charge is 2.39. The molecular formula is C32H42ClN3O3S. The van der Waals surface area contributed by atoms with Crippen molar-refractivity contribution >= 4 is 33.6 Å². The Hall–Kier alpha value is -2.35. The second-order valence-electron chi connectivity index (χ2n) is 12.0. The number of halogens is 1. The van der Waals surface area contributed by atoms with Crippen LogP contribution in [0.5, 0.6) is 0 Å². The van der Waals surface area contributed by atoms with Crippen molar-refractivity contribution in [3.8, 4) is 0 Å². The van der Waals surface area contributed by atoms with E-state index >= 15 is 0 Å². The highest BCUT2D eigenvalue weighted by Crippen LogP contribution is 2.44. The molecule has 2 heterocycles. The van der Waals surface area contributed by atoms with Gasteiger partial charge >= 0.3 is 0 Å². The van der Waals surface area contributed by atoms with Crippen LogP contribution in [-0.4, -0.2) is 42.7 Å². The van der Waals surface area contributed by atoms with Crippen molar-refractivity contribution in [2.75, 3.05) is 12.4 Å². The number of hydrogen-bond donors (Lipinski definition) is 2. The first kappa shape index (κ1) is 29.2. The number of allylic oxidation sites excluding steroid dienone is 2. The van der Waals surface area contributed by atoms with Crippen LogP contribution in [0.1, 0.15) is 86.0 Å². The van der Waals surface area contributed by atoms with Gasteiger partial charge < -0.3 is 9.88 Å². The maximum absolute atomic E-state index is 13.2. The van der Waals surface area contributed by atoms with E-state index in [0.29, 0.717) is 18.9 Å². The number of nitrogens with one attached hydrogen (secondary N) is 2. The van der Waals surface area contributed by atoms with Gasteiger partial charge in [0.05, 0.1) is 10.9 Å². The standard InChI is InChI=1S/C32H42ClN3O3S/c1-4-5-9-28-22(3)35-31-29(28)16-21(2)36(30(37)20-33)32(31)26-10-12-27(13-11-26)40(38,39)34-15-14-25-18-23-7-6-8-24(17-23)19-25/h4-5,9-13,21,23-25,32,34-35H,1,6-8,14-20H2,2-3H3/b9-5-/t21-,23-,24+,25?,32-/m0/s1. The van der Waals surface area contributed by atoms with Gasteiger partial charge in [-0.3, -0.25) is 4.79 Å². The molecule has 1 aliphatic heterocycles. The monoisotopic (exact) mass is 583 g/mol. The van der Waals surface area contributed by atoms with Crippen LogP contribution in [0.2, 0.25) is 0 Å². The summed E-state index contributed by atoms with van der Waals surface area (Å²) in [5.74, 6) is 2.04. The third-order valence-electron chi connectivity index (χ3n) is 9.28. The van der Waals surface area contributed by atoms with E-state index in [2.05, 4.69) is 16.3 Å². The fourth-order valence-electron chi connectivity index (χ4n) is 7.55. The van der Waals surface area contributed by atoms with E-state index < -0.39 is 10.0 Å². The lowest BCUT2D eigenvalue weighted by molar-refractivity contribution is -0.133. The zero-order valence-corrected chi connectivity index (χ0v) is 25.2. The molecule has 2 N–H and O–H groups in total. The average molecular weight is 584 g/mol. The van der Waals surface area contributed by atoms with Crippen molar-refractivity contribution in [1.82, 2.24) is 14.6 Å². The van der Waals surface area contributed by atoms with Crippen LogP contribution < -0.4 is 4.72 Å². The van der Waals surface area contributed by atoms with Crippen molar-refractivity contribution in [3.05, 3.63) is 71.1 Å². The van der Waals surface area contributed by atoms with E-state index in [1.807, 2.05) is 43.0 Å². The smallest absolute Gasteiger partial charge is 0.240 e. The van der Waals surface area contributed by atoms with Crippen LogP contribution >= 0.6 is 11.6 Å². The number of nitrogens with zero attached hydrogens (tertiary/aromatic N) is 1. The van der Waals surface area contributed by atoms with Crippen LogP contribution in [0.25, 0.3) is 6.08 Å². The van der Waals surface area contributed by atoms with E-state index in [0.717, 1.165) is 46.3 Å². The summed E-state index contributed by atoms with van der Waals surface area (Å²) in [4.78, 5) is 18.6. The first-order chi connectivity index (χ1) is 19.2. The molecule has 1 amide bonds. The van der Waals surface area contributed by atoms with Crippen molar-refractivity contribution < 1.29 is 13.2 Å². The van der Waals surface area contributed by atoms with Gasteiger partial charge in [-0.05, 0) is 92.5 Å². The fraction of sp³-hybridized carbons (Fsp3) is 0.531. The molecule has 2 aromatic rings. The van der Waals surface area contributed by atoms with Gasteiger partial charge in [-0.2, -0.15) is 0 Å². The topological polar surface area (TPSA) is 82.3 Å². The molecule has 3 aliphatic rings. The molecule has 1 aromatic carbocycles. The molecule has 2 saturated carbocycles. The van der Waals surface area contributed by atoms with Crippen LogP contribution in [-0.2, 0) is 21.2 Å². The van der Waals surface area contributed by atoms with E-state index in [1.165, 1.54) is 38.5 Å². The molecule has 2 fully saturated rings. The van der Waals surface area contributed by atoms with E-state index in [1.54, 1.807) is 18.2 Å². The predicted octanol–water partition coefficient (Wildman–Crippen LogP) is 6.51. The number of alkyl halides is 1. The second kappa shape index (κ2) is 12.3. The molecule has 5 atom stereocenters. The van der Waals surface area contributed by atoms with Crippen LogP contribution in [0.4, 0.5) is 0 Å².